The number of halogens is 2. The Hall–Kier alpha value is -1.30. The normalized spacial score (nSPS) is 24.8. The van der Waals surface area contributed by atoms with Gasteiger partial charge < -0.3 is 15.5 Å². The second kappa shape index (κ2) is 10.5. The molecule has 156 valence electrons. The van der Waals surface area contributed by atoms with E-state index in [1.807, 2.05) is 18.7 Å². The fraction of sp³-hybridized carbons (Fsp3) is 0.619. The van der Waals surface area contributed by atoms with Gasteiger partial charge in [0.25, 0.3) is 5.91 Å². The molecule has 7 heteroatoms. The Morgan fingerprint density at radius 3 is 2.75 bits per heavy atom. The minimum absolute atomic E-state index is 0. The van der Waals surface area contributed by atoms with Gasteiger partial charge in [0, 0.05) is 29.2 Å². The summed E-state index contributed by atoms with van der Waals surface area (Å²) in [5.41, 5.74) is 0.563. The molecule has 1 aliphatic carbocycles. The smallest absolute Gasteiger partial charge is 0.254 e. The van der Waals surface area contributed by atoms with E-state index in [9.17, 15) is 9.59 Å². The van der Waals surface area contributed by atoms with Crippen molar-refractivity contribution < 1.29 is 9.59 Å². The van der Waals surface area contributed by atoms with Gasteiger partial charge in [0.1, 0.15) is 6.04 Å². The zero-order chi connectivity index (χ0) is 19.4. The summed E-state index contributed by atoms with van der Waals surface area (Å²) in [4.78, 5) is 28.1. The fourth-order valence-electron chi connectivity index (χ4n) is 4.55. The van der Waals surface area contributed by atoms with Crippen LogP contribution in [0.15, 0.2) is 24.3 Å². The first-order valence-electron chi connectivity index (χ1n) is 10.1. The van der Waals surface area contributed by atoms with E-state index in [1.54, 1.807) is 24.3 Å². The summed E-state index contributed by atoms with van der Waals surface area (Å²) in [6.07, 6.45) is 5.15. The van der Waals surface area contributed by atoms with E-state index in [1.165, 1.54) is 6.42 Å². The van der Waals surface area contributed by atoms with Crippen LogP contribution in [0.2, 0.25) is 5.02 Å². The molecule has 1 heterocycles. The fourth-order valence-corrected chi connectivity index (χ4v) is 4.74. The molecule has 1 aromatic carbocycles. The lowest BCUT2D eigenvalue weighted by atomic mass is 9.84. The van der Waals surface area contributed by atoms with Crippen molar-refractivity contribution in [1.82, 2.24) is 15.5 Å². The maximum atomic E-state index is 13.3. The zero-order valence-electron chi connectivity index (χ0n) is 16.6. The molecule has 28 heavy (non-hydrogen) atoms. The third-order valence-corrected chi connectivity index (χ3v) is 6.07. The van der Waals surface area contributed by atoms with Gasteiger partial charge in [0.15, 0.2) is 0 Å². The molecule has 2 fully saturated rings. The van der Waals surface area contributed by atoms with Crippen molar-refractivity contribution in [2.24, 2.45) is 5.92 Å². The average Bonchev–Trinajstić information content (AvgIpc) is 3.05. The summed E-state index contributed by atoms with van der Waals surface area (Å²) >= 11 is 6.09. The molecule has 5 nitrogen and oxygen atoms in total. The van der Waals surface area contributed by atoms with E-state index in [0.717, 1.165) is 32.2 Å². The summed E-state index contributed by atoms with van der Waals surface area (Å²) < 4.78 is 0. The van der Waals surface area contributed by atoms with Gasteiger partial charge >= 0.3 is 0 Å². The molecule has 2 N–H and O–H groups in total. The van der Waals surface area contributed by atoms with Crippen molar-refractivity contribution in [3.8, 4) is 0 Å². The lowest BCUT2D eigenvalue weighted by Crippen LogP contribution is -2.51. The van der Waals surface area contributed by atoms with Crippen molar-refractivity contribution in [1.29, 1.82) is 0 Å². The van der Waals surface area contributed by atoms with E-state index < -0.39 is 6.04 Å². The highest BCUT2D eigenvalue weighted by Crippen LogP contribution is 2.40. The minimum atomic E-state index is -0.390. The minimum Gasteiger partial charge on any atom is -0.353 e. The number of carbonyl (C=O) groups is 2. The van der Waals surface area contributed by atoms with Crippen LogP contribution in [0.5, 0.6) is 0 Å². The number of likely N-dealkylation sites (N-methyl/N-ethyl adjacent to an activating group) is 1. The summed E-state index contributed by atoms with van der Waals surface area (Å²) in [6, 6.07) is 7.01. The van der Waals surface area contributed by atoms with E-state index in [-0.39, 0.29) is 36.3 Å². The van der Waals surface area contributed by atoms with Crippen molar-refractivity contribution in [2.75, 3.05) is 13.1 Å². The standard InChI is InChI=1S/C21H30ClN3O2.ClH/c1-3-23-14(2)13-24-20(26)19-12-15-7-4-5-10-18(15)25(19)21(27)16-8-6-9-17(22)11-16;/h6,8-9,11,14-15,18-19,23H,3-5,7,10,12-13H2,1-2H3,(H,24,26);1H/t14-,15?,18?,19?;/m1./s1. The highest BCUT2D eigenvalue weighted by Gasteiger charge is 2.47. The highest BCUT2D eigenvalue weighted by atomic mass is 35.5. The van der Waals surface area contributed by atoms with Gasteiger partial charge in [-0.3, -0.25) is 9.59 Å². The number of hydrogen-bond acceptors (Lipinski definition) is 3. The van der Waals surface area contributed by atoms with Crippen LogP contribution < -0.4 is 10.6 Å². The van der Waals surface area contributed by atoms with E-state index >= 15 is 0 Å². The van der Waals surface area contributed by atoms with Crippen LogP contribution in [0.25, 0.3) is 0 Å². The maximum absolute atomic E-state index is 13.3. The van der Waals surface area contributed by atoms with Crippen LogP contribution in [0, 0.1) is 5.92 Å². The molecular weight excluding hydrogens is 397 g/mol. The van der Waals surface area contributed by atoms with Gasteiger partial charge in [-0.1, -0.05) is 37.4 Å². The molecule has 3 unspecified atom stereocenters. The summed E-state index contributed by atoms with van der Waals surface area (Å²) in [5.74, 6) is 0.306. The Morgan fingerprint density at radius 1 is 1.29 bits per heavy atom. The molecule has 0 radical (unpaired) electrons. The number of nitrogens with one attached hydrogen (secondary N) is 2. The van der Waals surface area contributed by atoms with Gasteiger partial charge in [-0.25, -0.2) is 0 Å². The predicted molar refractivity (Wildman–Crippen MR) is 115 cm³/mol. The number of amides is 2. The molecule has 2 amide bonds. The predicted octanol–water partition coefficient (Wildman–Crippen LogP) is 3.65. The average molecular weight is 428 g/mol. The Morgan fingerprint density at radius 2 is 2.04 bits per heavy atom. The topological polar surface area (TPSA) is 61.4 Å². The van der Waals surface area contributed by atoms with Crippen molar-refractivity contribution in [2.45, 2.75) is 64.1 Å². The largest absolute Gasteiger partial charge is 0.353 e. The van der Waals surface area contributed by atoms with Crippen LogP contribution in [0.4, 0.5) is 0 Å². The molecule has 2 aliphatic rings. The number of fused-ring (bicyclic) bond motifs is 1. The van der Waals surface area contributed by atoms with Crippen molar-refractivity contribution in [3.63, 3.8) is 0 Å². The Bertz CT molecular complexity index is 685. The van der Waals surface area contributed by atoms with Crippen LogP contribution in [-0.4, -0.2) is 47.9 Å². The van der Waals surface area contributed by atoms with Crippen molar-refractivity contribution >= 4 is 35.8 Å². The number of benzene rings is 1. The molecule has 4 atom stereocenters. The number of hydrogen-bond donors (Lipinski definition) is 2. The first-order valence-corrected chi connectivity index (χ1v) is 10.5. The molecular formula is C21H31Cl2N3O2. The van der Waals surface area contributed by atoms with E-state index in [2.05, 4.69) is 10.6 Å². The van der Waals surface area contributed by atoms with E-state index in [0.29, 0.717) is 23.0 Å². The van der Waals surface area contributed by atoms with Gasteiger partial charge in [-0.2, -0.15) is 0 Å². The lowest BCUT2D eigenvalue weighted by Gasteiger charge is -2.33. The number of nitrogens with zero attached hydrogens (tertiary/aromatic N) is 1. The van der Waals surface area contributed by atoms with Crippen LogP contribution in [0.3, 0.4) is 0 Å². The molecule has 0 spiro atoms. The van der Waals surface area contributed by atoms with Crippen molar-refractivity contribution in [3.05, 3.63) is 34.9 Å². The molecule has 1 saturated carbocycles. The molecule has 0 bridgehead atoms. The van der Waals surface area contributed by atoms with Gasteiger partial charge in [0.2, 0.25) is 5.91 Å². The van der Waals surface area contributed by atoms with E-state index in [4.69, 9.17) is 11.6 Å². The highest BCUT2D eigenvalue weighted by molar-refractivity contribution is 6.31. The number of likely N-dealkylation sites (tertiary alicyclic amines) is 1. The Labute approximate surface area is 179 Å². The SMILES string of the molecule is CCN[C@H](C)CNC(=O)C1CC2CCCCC2N1C(=O)c1cccc(Cl)c1.Cl. The quantitative estimate of drug-likeness (QED) is 0.727. The molecule has 1 saturated heterocycles. The summed E-state index contributed by atoms with van der Waals surface area (Å²) in [5, 5.41) is 6.88. The molecule has 1 aromatic rings. The third kappa shape index (κ3) is 5.19. The lowest BCUT2D eigenvalue weighted by molar-refractivity contribution is -0.125. The van der Waals surface area contributed by atoms with Gasteiger partial charge in [-0.05, 0) is 56.8 Å². The summed E-state index contributed by atoms with van der Waals surface area (Å²) in [6.45, 7) is 5.53. The second-order valence-electron chi connectivity index (χ2n) is 7.79. The van der Waals surface area contributed by atoms with Gasteiger partial charge in [-0.15, -0.1) is 12.4 Å². The molecule has 0 aromatic heterocycles. The summed E-state index contributed by atoms with van der Waals surface area (Å²) in [7, 11) is 0. The maximum Gasteiger partial charge on any atom is 0.254 e. The monoisotopic (exact) mass is 427 g/mol. The first-order chi connectivity index (χ1) is 13.0. The first kappa shape index (κ1) is 23.0. The Kier molecular flexibility index (Phi) is 8.59. The molecule has 1 aliphatic heterocycles. The number of carbonyl (C=O) groups excluding carboxylic acids is 2. The van der Waals surface area contributed by atoms with Crippen LogP contribution in [-0.2, 0) is 4.79 Å². The Balaban J connectivity index is 0.00000280. The van der Waals surface area contributed by atoms with Gasteiger partial charge in [0.05, 0.1) is 0 Å². The zero-order valence-corrected chi connectivity index (χ0v) is 18.2. The van der Waals surface area contributed by atoms with Crippen LogP contribution in [0.1, 0.15) is 56.3 Å². The second-order valence-corrected chi connectivity index (χ2v) is 8.23. The molecule has 3 rings (SSSR count). The third-order valence-electron chi connectivity index (χ3n) is 5.83. The number of rotatable bonds is 6. The van der Waals surface area contributed by atoms with Crippen LogP contribution >= 0.6 is 24.0 Å².